The number of hydrogen-bond donors (Lipinski definition) is 1. The lowest BCUT2D eigenvalue weighted by atomic mass is 10.1. The van der Waals surface area contributed by atoms with Crippen LogP contribution >= 0.6 is 0 Å². The minimum atomic E-state index is -0.105. The summed E-state index contributed by atoms with van der Waals surface area (Å²) in [6.07, 6.45) is 0.898. The van der Waals surface area contributed by atoms with E-state index in [1.54, 1.807) is 0 Å². The number of piperazine rings is 1. The van der Waals surface area contributed by atoms with Crippen LogP contribution in [0.1, 0.15) is 32.2 Å². The number of nitrogens with one attached hydrogen (secondary N) is 1. The first-order valence-electron chi connectivity index (χ1n) is 8.10. The molecule has 1 aliphatic heterocycles. The Labute approximate surface area is 132 Å². The first-order valence-corrected chi connectivity index (χ1v) is 8.10. The molecule has 1 N–H and O–H groups in total. The summed E-state index contributed by atoms with van der Waals surface area (Å²) in [6.45, 7) is 10.6. The Bertz CT molecular complexity index is 478. The lowest BCUT2D eigenvalue weighted by Crippen LogP contribution is -2.52. The van der Waals surface area contributed by atoms with Crippen LogP contribution in [0.3, 0.4) is 0 Å². The molecular weight excluding hydrogens is 280 g/mol. The molecule has 1 saturated heterocycles. The Morgan fingerprint density at radius 1 is 1.32 bits per heavy atom. The van der Waals surface area contributed by atoms with Crippen molar-refractivity contribution in [3.8, 4) is 0 Å². The van der Waals surface area contributed by atoms with Crippen LogP contribution in [0, 0.1) is 5.92 Å². The van der Waals surface area contributed by atoms with Crippen LogP contribution in [0.2, 0.25) is 0 Å². The van der Waals surface area contributed by atoms with E-state index in [-0.39, 0.29) is 11.9 Å². The summed E-state index contributed by atoms with van der Waals surface area (Å²) >= 11 is 0. The average Bonchev–Trinajstić information content (AvgIpc) is 2.91. The van der Waals surface area contributed by atoms with Crippen LogP contribution in [-0.4, -0.2) is 60.1 Å². The number of aromatic nitrogens is 1. The van der Waals surface area contributed by atoms with E-state index >= 15 is 0 Å². The van der Waals surface area contributed by atoms with Crippen molar-refractivity contribution in [1.82, 2.24) is 20.3 Å². The van der Waals surface area contributed by atoms with Gasteiger partial charge in [-0.25, -0.2) is 0 Å². The van der Waals surface area contributed by atoms with Gasteiger partial charge >= 0.3 is 0 Å². The molecule has 1 aromatic rings. The van der Waals surface area contributed by atoms with Gasteiger partial charge in [-0.2, -0.15) is 0 Å². The highest BCUT2D eigenvalue weighted by molar-refractivity contribution is 5.81. The van der Waals surface area contributed by atoms with E-state index < -0.39 is 0 Å². The Morgan fingerprint density at radius 3 is 2.64 bits per heavy atom. The van der Waals surface area contributed by atoms with E-state index in [2.05, 4.69) is 41.2 Å². The number of carbonyl (C=O) groups excluding carboxylic acids is 1. The molecule has 0 aliphatic carbocycles. The van der Waals surface area contributed by atoms with E-state index in [9.17, 15) is 4.79 Å². The van der Waals surface area contributed by atoms with E-state index in [1.807, 2.05) is 13.0 Å². The van der Waals surface area contributed by atoms with Gasteiger partial charge in [-0.3, -0.25) is 9.69 Å². The van der Waals surface area contributed by atoms with Crippen LogP contribution < -0.4 is 5.32 Å². The topological polar surface area (TPSA) is 61.6 Å². The molecule has 2 heterocycles. The van der Waals surface area contributed by atoms with E-state index in [0.717, 1.165) is 44.1 Å². The third-order valence-corrected chi connectivity index (χ3v) is 4.13. The third-order valence-electron chi connectivity index (χ3n) is 4.13. The first-order chi connectivity index (χ1) is 10.5. The molecule has 22 heavy (non-hydrogen) atoms. The highest BCUT2D eigenvalue weighted by Crippen LogP contribution is 2.10. The van der Waals surface area contributed by atoms with Gasteiger partial charge in [0.1, 0.15) is 0 Å². The van der Waals surface area contributed by atoms with Crippen LogP contribution in [-0.2, 0) is 17.8 Å². The quantitative estimate of drug-likeness (QED) is 0.853. The van der Waals surface area contributed by atoms with Gasteiger partial charge < -0.3 is 14.7 Å². The van der Waals surface area contributed by atoms with Crippen molar-refractivity contribution in [2.75, 3.05) is 33.2 Å². The van der Waals surface area contributed by atoms with Crippen LogP contribution in [0.5, 0.6) is 0 Å². The van der Waals surface area contributed by atoms with Crippen LogP contribution in [0.4, 0.5) is 0 Å². The minimum Gasteiger partial charge on any atom is -0.359 e. The Kier molecular flexibility index (Phi) is 5.97. The summed E-state index contributed by atoms with van der Waals surface area (Å²) in [4.78, 5) is 16.8. The van der Waals surface area contributed by atoms with Gasteiger partial charge in [0.15, 0.2) is 5.76 Å². The molecule has 1 atom stereocenters. The highest BCUT2D eigenvalue weighted by atomic mass is 16.5. The Hall–Kier alpha value is -1.40. The van der Waals surface area contributed by atoms with Gasteiger partial charge in [0.25, 0.3) is 0 Å². The van der Waals surface area contributed by atoms with Gasteiger partial charge in [0, 0.05) is 32.2 Å². The van der Waals surface area contributed by atoms with E-state index in [4.69, 9.17) is 4.52 Å². The maximum absolute atomic E-state index is 12.3. The van der Waals surface area contributed by atoms with Gasteiger partial charge in [-0.15, -0.1) is 0 Å². The SMILES string of the molecule is CC(C)Cc1cc(CNC(=O)C(C)N2CCN(C)CC2)on1. The van der Waals surface area contributed by atoms with Crippen molar-refractivity contribution < 1.29 is 9.32 Å². The van der Waals surface area contributed by atoms with Crippen molar-refractivity contribution in [3.63, 3.8) is 0 Å². The molecular formula is C16H28N4O2. The molecule has 1 aliphatic rings. The molecule has 0 bridgehead atoms. The van der Waals surface area contributed by atoms with Crippen molar-refractivity contribution in [3.05, 3.63) is 17.5 Å². The second kappa shape index (κ2) is 7.74. The summed E-state index contributed by atoms with van der Waals surface area (Å²) in [5.41, 5.74) is 0.950. The molecule has 1 unspecified atom stereocenters. The Morgan fingerprint density at radius 2 is 2.00 bits per heavy atom. The lowest BCUT2D eigenvalue weighted by molar-refractivity contribution is -0.126. The fourth-order valence-corrected chi connectivity index (χ4v) is 2.65. The summed E-state index contributed by atoms with van der Waals surface area (Å²) in [5, 5.41) is 6.98. The number of nitrogens with zero attached hydrogens (tertiary/aromatic N) is 3. The molecule has 124 valence electrons. The molecule has 0 saturated carbocycles. The minimum absolute atomic E-state index is 0.0476. The Balaban J connectivity index is 1.78. The largest absolute Gasteiger partial charge is 0.359 e. The molecule has 6 heteroatoms. The number of amides is 1. The third kappa shape index (κ3) is 4.81. The predicted octanol–water partition coefficient (Wildman–Crippen LogP) is 1.13. The van der Waals surface area contributed by atoms with Crippen molar-refractivity contribution >= 4 is 5.91 Å². The zero-order valence-corrected chi connectivity index (χ0v) is 14.1. The fraction of sp³-hybridized carbons (Fsp3) is 0.750. The number of carbonyl (C=O) groups is 1. The average molecular weight is 308 g/mol. The van der Waals surface area contributed by atoms with Crippen molar-refractivity contribution in [2.24, 2.45) is 5.92 Å². The molecule has 6 nitrogen and oxygen atoms in total. The number of rotatable bonds is 6. The monoisotopic (exact) mass is 308 g/mol. The van der Waals surface area contributed by atoms with Gasteiger partial charge in [0.05, 0.1) is 18.3 Å². The molecule has 2 rings (SSSR count). The van der Waals surface area contributed by atoms with Crippen molar-refractivity contribution in [1.29, 1.82) is 0 Å². The molecule has 0 spiro atoms. The van der Waals surface area contributed by atoms with Gasteiger partial charge in [-0.05, 0) is 26.3 Å². The highest BCUT2D eigenvalue weighted by Gasteiger charge is 2.24. The molecule has 1 amide bonds. The summed E-state index contributed by atoms with van der Waals surface area (Å²) < 4.78 is 5.27. The lowest BCUT2D eigenvalue weighted by Gasteiger charge is -2.35. The second-order valence-corrected chi connectivity index (χ2v) is 6.62. The fourth-order valence-electron chi connectivity index (χ4n) is 2.65. The van der Waals surface area contributed by atoms with Crippen molar-refractivity contribution in [2.45, 2.75) is 39.8 Å². The van der Waals surface area contributed by atoms with E-state index in [0.29, 0.717) is 12.5 Å². The van der Waals surface area contributed by atoms with Crippen LogP contribution in [0.25, 0.3) is 0 Å². The maximum atomic E-state index is 12.3. The molecule has 1 fully saturated rings. The van der Waals surface area contributed by atoms with Crippen LogP contribution in [0.15, 0.2) is 10.6 Å². The molecule has 1 aromatic heterocycles. The second-order valence-electron chi connectivity index (χ2n) is 6.62. The number of hydrogen-bond acceptors (Lipinski definition) is 5. The zero-order chi connectivity index (χ0) is 16.1. The number of likely N-dealkylation sites (N-methyl/N-ethyl adjacent to an activating group) is 1. The first kappa shape index (κ1) is 17.0. The van der Waals surface area contributed by atoms with Gasteiger partial charge in [0.2, 0.25) is 5.91 Å². The summed E-state index contributed by atoms with van der Waals surface area (Å²) in [6, 6.07) is 1.83. The van der Waals surface area contributed by atoms with Gasteiger partial charge in [-0.1, -0.05) is 19.0 Å². The standard InChI is InChI=1S/C16H28N4O2/c1-12(2)9-14-10-15(22-18-14)11-17-16(21)13(3)20-7-5-19(4)6-8-20/h10,12-13H,5-9,11H2,1-4H3,(H,17,21). The summed E-state index contributed by atoms with van der Waals surface area (Å²) in [5.74, 6) is 1.31. The predicted molar refractivity (Wildman–Crippen MR) is 85.4 cm³/mol. The smallest absolute Gasteiger partial charge is 0.237 e. The van der Waals surface area contributed by atoms with E-state index in [1.165, 1.54) is 0 Å². The molecule has 0 radical (unpaired) electrons. The maximum Gasteiger partial charge on any atom is 0.237 e. The normalized spacial score (nSPS) is 18.6. The molecule has 0 aromatic carbocycles. The summed E-state index contributed by atoms with van der Waals surface area (Å²) in [7, 11) is 2.11. The zero-order valence-electron chi connectivity index (χ0n) is 14.1.